The Hall–Kier alpha value is -5.41. The second-order valence-corrected chi connectivity index (χ2v) is 12.8. The topological polar surface area (TPSA) is 164 Å². The van der Waals surface area contributed by atoms with E-state index in [1.54, 1.807) is 75.4 Å². The summed E-state index contributed by atoms with van der Waals surface area (Å²) in [4.78, 5) is 56.8. The summed E-state index contributed by atoms with van der Waals surface area (Å²) in [5, 5.41) is 12.9. The van der Waals surface area contributed by atoms with Crippen molar-refractivity contribution in [3.63, 3.8) is 0 Å². The number of aromatic hydroxyl groups is 1. The van der Waals surface area contributed by atoms with Crippen LogP contribution in [0.5, 0.6) is 23.0 Å². The van der Waals surface area contributed by atoms with E-state index in [9.17, 15) is 24.3 Å². The monoisotopic (exact) mass is 779 g/mol. The highest BCUT2D eigenvalue weighted by molar-refractivity contribution is 9.10. The maximum Gasteiger partial charge on any atom is 0.338 e. The van der Waals surface area contributed by atoms with Crippen LogP contribution >= 0.6 is 27.3 Å². The summed E-state index contributed by atoms with van der Waals surface area (Å²) < 4.78 is 29.2. The summed E-state index contributed by atoms with van der Waals surface area (Å²) in [5.74, 6) is -0.879. The van der Waals surface area contributed by atoms with Gasteiger partial charge in [0.2, 0.25) is 0 Å². The Morgan fingerprint density at radius 2 is 1.67 bits per heavy atom. The summed E-state index contributed by atoms with van der Waals surface area (Å²) in [5.41, 5.74) is 2.09. The predicted octanol–water partition coefficient (Wildman–Crippen LogP) is 4.48. The molecule has 5 rings (SSSR count). The molecule has 0 saturated heterocycles. The van der Waals surface area contributed by atoms with Crippen molar-refractivity contribution in [2.75, 3.05) is 39.4 Å². The Bertz CT molecular complexity index is 2210. The number of phenols is 1. The van der Waals surface area contributed by atoms with Crippen LogP contribution in [0.25, 0.3) is 6.08 Å². The van der Waals surface area contributed by atoms with Crippen molar-refractivity contribution in [2.45, 2.75) is 26.8 Å². The van der Waals surface area contributed by atoms with Crippen molar-refractivity contribution < 1.29 is 43.2 Å². The lowest BCUT2D eigenvalue weighted by molar-refractivity contribution is -0.139. The Morgan fingerprint density at radius 1 is 0.980 bits per heavy atom. The van der Waals surface area contributed by atoms with Crippen LogP contribution in [0, 0.1) is 0 Å². The van der Waals surface area contributed by atoms with Crippen molar-refractivity contribution in [1.82, 2.24) is 4.57 Å². The molecule has 0 fully saturated rings. The number of anilines is 1. The van der Waals surface area contributed by atoms with Crippen LogP contribution in [-0.2, 0) is 19.1 Å². The quantitative estimate of drug-likeness (QED) is 0.196. The van der Waals surface area contributed by atoms with Gasteiger partial charge in [-0.2, -0.15) is 0 Å². The van der Waals surface area contributed by atoms with E-state index in [1.165, 1.54) is 24.9 Å². The van der Waals surface area contributed by atoms with E-state index in [2.05, 4.69) is 26.2 Å². The molecule has 3 aromatic carbocycles. The summed E-state index contributed by atoms with van der Waals surface area (Å²) in [7, 11) is 2.85. The first-order valence-corrected chi connectivity index (χ1v) is 17.2. The number of nitrogens with one attached hydrogen (secondary N) is 1. The van der Waals surface area contributed by atoms with Crippen LogP contribution < -0.4 is 34.4 Å². The molecule has 0 bridgehead atoms. The first-order chi connectivity index (χ1) is 24.5. The number of carbonyl (C=O) groups is 3. The molecule has 1 amide bonds. The summed E-state index contributed by atoms with van der Waals surface area (Å²) in [6.45, 7) is 5.12. The van der Waals surface area contributed by atoms with Gasteiger partial charge in [-0.25, -0.2) is 14.6 Å². The van der Waals surface area contributed by atoms with Crippen LogP contribution in [0.2, 0.25) is 0 Å². The van der Waals surface area contributed by atoms with Gasteiger partial charge in [0, 0.05) is 5.69 Å². The van der Waals surface area contributed by atoms with E-state index in [-0.39, 0.29) is 42.6 Å². The van der Waals surface area contributed by atoms with E-state index >= 15 is 0 Å². The fourth-order valence-corrected chi connectivity index (χ4v) is 6.95. The van der Waals surface area contributed by atoms with Gasteiger partial charge < -0.3 is 34.1 Å². The van der Waals surface area contributed by atoms with Crippen LogP contribution in [0.15, 0.2) is 80.1 Å². The SMILES string of the molecule is CCOC(=O)C1=C(C)N=c2sc(=Cc3cc(Br)c(OCC(=O)Nc4ccc(C(=O)OCC)cc4)c(OC)c3)c(=O)n2C1c1ccc(O)c(OC)c1. The number of fused-ring (bicyclic) bond motifs is 1. The van der Waals surface area contributed by atoms with Crippen molar-refractivity contribution in [1.29, 1.82) is 0 Å². The molecule has 2 heterocycles. The molecule has 4 aromatic rings. The molecule has 1 aromatic heterocycles. The Balaban J connectivity index is 1.44. The second kappa shape index (κ2) is 16.1. The predicted molar refractivity (Wildman–Crippen MR) is 192 cm³/mol. The summed E-state index contributed by atoms with van der Waals surface area (Å²) >= 11 is 4.63. The zero-order chi connectivity index (χ0) is 36.8. The van der Waals surface area contributed by atoms with Gasteiger partial charge in [0.15, 0.2) is 34.4 Å². The molecule has 1 unspecified atom stereocenters. The molecule has 266 valence electrons. The lowest BCUT2D eigenvalue weighted by atomic mass is 9.95. The fraction of sp³-hybridized carbons (Fsp3) is 0.250. The molecule has 0 aliphatic carbocycles. The fourth-order valence-electron chi connectivity index (χ4n) is 5.32. The van der Waals surface area contributed by atoms with Gasteiger partial charge in [-0.1, -0.05) is 17.4 Å². The minimum absolute atomic E-state index is 0.0956. The van der Waals surface area contributed by atoms with Crippen LogP contribution in [-0.4, -0.2) is 61.6 Å². The molecule has 0 radical (unpaired) electrons. The maximum atomic E-state index is 14.1. The van der Waals surface area contributed by atoms with Gasteiger partial charge in [-0.05, 0) is 102 Å². The average Bonchev–Trinajstić information content (AvgIpc) is 3.41. The normalized spacial score (nSPS) is 13.9. The number of hydrogen-bond donors (Lipinski definition) is 2. The van der Waals surface area contributed by atoms with Crippen molar-refractivity contribution >= 4 is 56.9 Å². The Morgan fingerprint density at radius 3 is 2.33 bits per heavy atom. The first-order valence-electron chi connectivity index (χ1n) is 15.6. The molecule has 13 nitrogen and oxygen atoms in total. The number of carbonyl (C=O) groups excluding carboxylic acids is 3. The highest BCUT2D eigenvalue weighted by atomic mass is 79.9. The van der Waals surface area contributed by atoms with Crippen LogP contribution in [0.1, 0.15) is 48.3 Å². The number of phenolic OH excluding ortho intramolecular Hbond substituents is 1. The number of amides is 1. The smallest absolute Gasteiger partial charge is 0.338 e. The van der Waals surface area contributed by atoms with Gasteiger partial charge in [0.05, 0.1) is 59.3 Å². The van der Waals surface area contributed by atoms with Crippen molar-refractivity contribution in [3.05, 3.63) is 107 Å². The number of allylic oxidation sites excluding steroid dienone is 1. The van der Waals surface area contributed by atoms with Gasteiger partial charge in [0.25, 0.3) is 11.5 Å². The molecule has 1 atom stereocenters. The number of rotatable bonds is 12. The van der Waals surface area contributed by atoms with Gasteiger partial charge in [-0.3, -0.25) is 14.2 Å². The number of halogens is 1. The average molecular weight is 781 g/mol. The van der Waals surface area contributed by atoms with E-state index in [1.807, 2.05) is 0 Å². The van der Waals surface area contributed by atoms with Crippen LogP contribution in [0.4, 0.5) is 5.69 Å². The van der Waals surface area contributed by atoms with Crippen molar-refractivity contribution in [3.8, 4) is 23.0 Å². The zero-order valence-corrected chi connectivity index (χ0v) is 30.7. The van der Waals surface area contributed by atoms with Crippen molar-refractivity contribution in [2.24, 2.45) is 4.99 Å². The van der Waals surface area contributed by atoms with Gasteiger partial charge in [0.1, 0.15) is 0 Å². The molecule has 0 spiro atoms. The number of methoxy groups -OCH3 is 2. The standard InChI is InChI=1S/C36H34BrN3O10S/c1-6-48-34(44)21-8-11-23(12-9-21)39-29(42)18-50-32-24(37)14-20(15-27(32)47-5)16-28-33(43)40-31(22-10-13-25(41)26(17-22)46-4)30(35(45)49-7-2)19(3)38-36(40)51-28/h8-17,31,41H,6-7,18H2,1-5H3,(H,39,42). The zero-order valence-electron chi connectivity index (χ0n) is 28.3. The molecular formula is C36H34BrN3O10S. The van der Waals surface area contributed by atoms with E-state index in [0.717, 1.165) is 11.3 Å². The molecule has 1 aliphatic heterocycles. The van der Waals surface area contributed by atoms with E-state index < -0.39 is 29.4 Å². The molecule has 2 N–H and O–H groups in total. The summed E-state index contributed by atoms with van der Waals surface area (Å²) in [6, 6.07) is 13.3. The highest BCUT2D eigenvalue weighted by Gasteiger charge is 2.34. The third kappa shape index (κ3) is 7.99. The molecule has 15 heteroatoms. The second-order valence-electron chi connectivity index (χ2n) is 10.9. The Kier molecular flexibility index (Phi) is 11.6. The van der Waals surface area contributed by atoms with E-state index in [4.69, 9.17) is 23.7 Å². The van der Waals surface area contributed by atoms with E-state index in [0.29, 0.717) is 47.6 Å². The number of thiazole rings is 1. The number of aromatic nitrogens is 1. The van der Waals surface area contributed by atoms with Crippen LogP contribution in [0.3, 0.4) is 0 Å². The minimum Gasteiger partial charge on any atom is -0.504 e. The number of hydrogen-bond acceptors (Lipinski definition) is 12. The third-order valence-corrected chi connectivity index (χ3v) is 9.19. The lowest BCUT2D eigenvalue weighted by Gasteiger charge is -2.25. The Labute approximate surface area is 304 Å². The number of nitrogens with zero attached hydrogens (tertiary/aromatic N) is 2. The maximum absolute atomic E-state index is 14.1. The molecule has 0 saturated carbocycles. The van der Waals surface area contributed by atoms with Gasteiger partial charge in [-0.15, -0.1) is 0 Å². The largest absolute Gasteiger partial charge is 0.504 e. The number of ether oxygens (including phenoxy) is 5. The minimum atomic E-state index is -0.907. The summed E-state index contributed by atoms with van der Waals surface area (Å²) in [6.07, 6.45) is 1.66. The molecular weight excluding hydrogens is 746 g/mol. The first kappa shape index (κ1) is 36.9. The molecule has 1 aliphatic rings. The molecule has 51 heavy (non-hydrogen) atoms. The number of benzene rings is 3. The number of esters is 2. The lowest BCUT2D eigenvalue weighted by Crippen LogP contribution is -2.39. The van der Waals surface area contributed by atoms with Gasteiger partial charge >= 0.3 is 11.9 Å². The third-order valence-electron chi connectivity index (χ3n) is 7.61. The highest BCUT2D eigenvalue weighted by Crippen LogP contribution is 2.38.